The highest BCUT2D eigenvalue weighted by Gasteiger charge is 2.20. The molecule has 0 saturated carbocycles. The van der Waals surface area contributed by atoms with Crippen LogP contribution in [0.2, 0.25) is 0 Å². The van der Waals surface area contributed by atoms with Crippen molar-refractivity contribution in [2.75, 3.05) is 18.4 Å². The number of phenols is 1. The molecule has 5 nitrogen and oxygen atoms in total. The van der Waals surface area contributed by atoms with Crippen molar-refractivity contribution in [3.63, 3.8) is 0 Å². The Bertz CT molecular complexity index is 763. The molecule has 0 unspecified atom stereocenters. The molecule has 0 bridgehead atoms. The quantitative estimate of drug-likeness (QED) is 0.912. The van der Waals surface area contributed by atoms with Crippen LogP contribution in [0, 0.1) is 11.3 Å². The van der Waals surface area contributed by atoms with Gasteiger partial charge < -0.3 is 15.3 Å². The van der Waals surface area contributed by atoms with E-state index in [1.807, 2.05) is 6.07 Å². The third-order valence-corrected chi connectivity index (χ3v) is 4.01. The molecule has 0 fully saturated rings. The average Bonchev–Trinajstić information content (AvgIpc) is 2.59. The predicted octanol–water partition coefficient (Wildman–Crippen LogP) is 2.26. The molecule has 1 aliphatic rings. The van der Waals surface area contributed by atoms with Crippen LogP contribution >= 0.6 is 0 Å². The highest BCUT2D eigenvalue weighted by molar-refractivity contribution is 5.81. The van der Waals surface area contributed by atoms with Crippen LogP contribution in [0.1, 0.15) is 16.7 Å². The number of nitrogens with one attached hydrogen (secondary N) is 1. The number of amides is 1. The molecule has 2 aromatic carbocycles. The molecule has 2 aromatic rings. The Morgan fingerprint density at radius 2 is 2.00 bits per heavy atom. The van der Waals surface area contributed by atoms with Crippen LogP contribution in [0.4, 0.5) is 5.69 Å². The van der Waals surface area contributed by atoms with Crippen molar-refractivity contribution in [3.05, 3.63) is 59.2 Å². The van der Waals surface area contributed by atoms with Crippen molar-refractivity contribution in [3.8, 4) is 11.8 Å². The molecule has 116 valence electrons. The summed E-state index contributed by atoms with van der Waals surface area (Å²) in [4.78, 5) is 14.1. The molecule has 0 aliphatic carbocycles. The van der Waals surface area contributed by atoms with Crippen molar-refractivity contribution in [2.24, 2.45) is 0 Å². The Kier molecular flexibility index (Phi) is 4.15. The number of phenolic OH excluding ortho intramolecular Hbond substituents is 1. The summed E-state index contributed by atoms with van der Waals surface area (Å²) in [5.41, 5.74) is 3.59. The van der Waals surface area contributed by atoms with E-state index in [2.05, 4.69) is 11.4 Å². The lowest BCUT2D eigenvalue weighted by Gasteiger charge is -2.29. The fourth-order valence-electron chi connectivity index (χ4n) is 2.71. The molecule has 0 atom stereocenters. The largest absolute Gasteiger partial charge is 0.508 e. The number of benzene rings is 2. The molecule has 0 radical (unpaired) electrons. The lowest BCUT2D eigenvalue weighted by Crippen LogP contribution is -2.39. The van der Waals surface area contributed by atoms with E-state index in [4.69, 9.17) is 5.26 Å². The van der Waals surface area contributed by atoms with Gasteiger partial charge in [-0.25, -0.2) is 0 Å². The van der Waals surface area contributed by atoms with E-state index in [0.717, 1.165) is 17.7 Å². The highest BCUT2D eigenvalue weighted by Crippen LogP contribution is 2.23. The molecular weight excluding hydrogens is 290 g/mol. The maximum atomic E-state index is 12.3. The number of anilines is 1. The summed E-state index contributed by atoms with van der Waals surface area (Å²) in [6.45, 7) is 1.42. The number of carbonyl (C=O) groups excluding carboxylic acids is 1. The monoisotopic (exact) mass is 307 g/mol. The summed E-state index contributed by atoms with van der Waals surface area (Å²) in [6.07, 6.45) is 0.804. The van der Waals surface area contributed by atoms with Crippen LogP contribution in [-0.4, -0.2) is 29.0 Å². The Morgan fingerprint density at radius 1 is 1.22 bits per heavy atom. The number of carbonyl (C=O) groups is 1. The molecule has 1 amide bonds. The summed E-state index contributed by atoms with van der Waals surface area (Å²) in [6, 6.07) is 14.4. The molecule has 0 saturated heterocycles. The minimum atomic E-state index is 0.0170. The molecule has 3 rings (SSSR count). The Morgan fingerprint density at radius 3 is 2.74 bits per heavy atom. The number of nitrogens with zero attached hydrogens (tertiary/aromatic N) is 2. The van der Waals surface area contributed by atoms with Gasteiger partial charge in [-0.2, -0.15) is 5.26 Å². The van der Waals surface area contributed by atoms with E-state index in [1.165, 1.54) is 5.56 Å². The van der Waals surface area contributed by atoms with Crippen molar-refractivity contribution < 1.29 is 9.90 Å². The Labute approximate surface area is 134 Å². The molecule has 0 spiro atoms. The van der Waals surface area contributed by atoms with Gasteiger partial charge in [-0.1, -0.05) is 6.07 Å². The lowest BCUT2D eigenvalue weighted by atomic mass is 9.99. The number of aromatic hydroxyl groups is 1. The van der Waals surface area contributed by atoms with Gasteiger partial charge in [0.25, 0.3) is 0 Å². The van der Waals surface area contributed by atoms with Gasteiger partial charge in [0.15, 0.2) is 0 Å². The maximum Gasteiger partial charge on any atom is 0.242 e. The number of rotatable bonds is 3. The molecule has 1 heterocycles. The van der Waals surface area contributed by atoms with Crippen LogP contribution in [0.15, 0.2) is 42.5 Å². The van der Waals surface area contributed by atoms with Gasteiger partial charge in [0.2, 0.25) is 5.91 Å². The summed E-state index contributed by atoms with van der Waals surface area (Å²) in [5.74, 6) is 0.247. The Hall–Kier alpha value is -3.00. The topological polar surface area (TPSA) is 76.4 Å². The fourth-order valence-corrected chi connectivity index (χ4v) is 2.71. The van der Waals surface area contributed by atoms with Gasteiger partial charge in [-0.3, -0.25) is 4.79 Å². The van der Waals surface area contributed by atoms with E-state index >= 15 is 0 Å². The van der Waals surface area contributed by atoms with Crippen LogP contribution in [0.25, 0.3) is 0 Å². The molecular formula is C18H17N3O2. The number of fused-ring (bicyclic) bond motifs is 1. The van der Waals surface area contributed by atoms with Crippen LogP contribution in [-0.2, 0) is 17.8 Å². The third kappa shape index (κ3) is 3.43. The number of nitriles is 1. The summed E-state index contributed by atoms with van der Waals surface area (Å²) < 4.78 is 0. The molecule has 2 N–H and O–H groups in total. The smallest absolute Gasteiger partial charge is 0.242 e. The SMILES string of the molecule is N#Cc1ccc(NCC(=O)N2CCc3ccc(O)cc3C2)cc1. The second-order valence-electron chi connectivity index (χ2n) is 5.56. The van der Waals surface area contributed by atoms with E-state index in [1.54, 1.807) is 41.3 Å². The number of hydrogen-bond donors (Lipinski definition) is 2. The summed E-state index contributed by atoms with van der Waals surface area (Å²) in [5, 5.41) is 21.4. The second-order valence-corrected chi connectivity index (χ2v) is 5.56. The summed E-state index contributed by atoms with van der Waals surface area (Å²) in [7, 11) is 0. The van der Waals surface area contributed by atoms with Crippen molar-refractivity contribution >= 4 is 11.6 Å². The zero-order valence-electron chi connectivity index (χ0n) is 12.6. The first-order chi connectivity index (χ1) is 11.2. The standard InChI is InChI=1S/C18H17N3O2/c19-10-13-1-4-16(5-2-13)20-11-18(23)21-8-7-14-3-6-17(22)9-15(14)12-21/h1-6,9,20,22H,7-8,11-12H2. The van der Waals surface area contributed by atoms with E-state index in [9.17, 15) is 9.90 Å². The minimum Gasteiger partial charge on any atom is -0.508 e. The fraction of sp³-hybridized carbons (Fsp3) is 0.222. The van der Waals surface area contributed by atoms with Crippen LogP contribution in [0.3, 0.4) is 0 Å². The second kappa shape index (κ2) is 6.41. The zero-order chi connectivity index (χ0) is 16.2. The van der Waals surface area contributed by atoms with Gasteiger partial charge in [0.1, 0.15) is 5.75 Å². The number of hydrogen-bond acceptors (Lipinski definition) is 4. The predicted molar refractivity (Wildman–Crippen MR) is 86.9 cm³/mol. The van der Waals surface area contributed by atoms with Crippen molar-refractivity contribution in [1.29, 1.82) is 5.26 Å². The minimum absolute atomic E-state index is 0.0170. The molecule has 5 heteroatoms. The van der Waals surface area contributed by atoms with Crippen LogP contribution in [0.5, 0.6) is 5.75 Å². The first-order valence-corrected chi connectivity index (χ1v) is 7.48. The first kappa shape index (κ1) is 14.9. The van der Waals surface area contributed by atoms with Crippen LogP contribution < -0.4 is 5.32 Å². The molecule has 0 aromatic heterocycles. The van der Waals surface area contributed by atoms with Gasteiger partial charge in [-0.15, -0.1) is 0 Å². The average molecular weight is 307 g/mol. The normalized spacial score (nSPS) is 13.1. The van der Waals surface area contributed by atoms with Gasteiger partial charge in [-0.05, 0) is 53.9 Å². The third-order valence-electron chi connectivity index (χ3n) is 4.01. The van der Waals surface area contributed by atoms with Gasteiger partial charge in [0, 0.05) is 18.8 Å². The van der Waals surface area contributed by atoms with Gasteiger partial charge >= 0.3 is 0 Å². The van der Waals surface area contributed by atoms with Gasteiger partial charge in [0.05, 0.1) is 18.2 Å². The van der Waals surface area contributed by atoms with Crippen molar-refractivity contribution in [2.45, 2.75) is 13.0 Å². The summed E-state index contributed by atoms with van der Waals surface area (Å²) >= 11 is 0. The molecule has 23 heavy (non-hydrogen) atoms. The van der Waals surface area contributed by atoms with E-state index in [-0.39, 0.29) is 18.2 Å². The maximum absolute atomic E-state index is 12.3. The van der Waals surface area contributed by atoms with E-state index in [0.29, 0.717) is 18.7 Å². The lowest BCUT2D eigenvalue weighted by molar-refractivity contribution is -0.130. The highest BCUT2D eigenvalue weighted by atomic mass is 16.3. The van der Waals surface area contributed by atoms with E-state index < -0.39 is 0 Å². The zero-order valence-corrected chi connectivity index (χ0v) is 12.6. The first-order valence-electron chi connectivity index (χ1n) is 7.48. The van der Waals surface area contributed by atoms with Crippen molar-refractivity contribution in [1.82, 2.24) is 4.90 Å². The molecule has 1 aliphatic heterocycles. The Balaban J connectivity index is 1.59.